The lowest BCUT2D eigenvalue weighted by Crippen LogP contribution is -2.26. The summed E-state index contributed by atoms with van der Waals surface area (Å²) < 4.78 is 28.7. The van der Waals surface area contributed by atoms with Crippen LogP contribution in [0.2, 0.25) is 0 Å². The van der Waals surface area contributed by atoms with E-state index in [4.69, 9.17) is 4.42 Å². The predicted molar refractivity (Wildman–Crippen MR) is 79.6 cm³/mol. The van der Waals surface area contributed by atoms with Crippen molar-refractivity contribution < 1.29 is 12.8 Å². The van der Waals surface area contributed by atoms with E-state index in [0.29, 0.717) is 23.3 Å². The quantitative estimate of drug-likeness (QED) is 0.870. The number of benzene rings is 1. The number of rotatable bonds is 3. The largest absolute Gasteiger partial charge is 0.421 e. The number of aromatic nitrogens is 2. The molecule has 1 fully saturated rings. The minimum absolute atomic E-state index is 0.236. The maximum absolute atomic E-state index is 11.7. The molecule has 1 unspecified atom stereocenters. The Labute approximate surface area is 124 Å². The van der Waals surface area contributed by atoms with Crippen LogP contribution < -0.4 is 0 Å². The van der Waals surface area contributed by atoms with Crippen LogP contribution in [0.15, 0.2) is 28.7 Å². The van der Waals surface area contributed by atoms with Gasteiger partial charge in [0.2, 0.25) is 11.8 Å². The Morgan fingerprint density at radius 1 is 1.24 bits per heavy atom. The Bertz CT molecular complexity index is 720. The van der Waals surface area contributed by atoms with E-state index in [9.17, 15) is 8.42 Å². The molecule has 1 aromatic carbocycles. The molecule has 0 aliphatic carbocycles. The van der Waals surface area contributed by atoms with Gasteiger partial charge in [0, 0.05) is 12.5 Å². The zero-order chi connectivity index (χ0) is 14.9. The van der Waals surface area contributed by atoms with Crippen molar-refractivity contribution in [3.8, 4) is 11.5 Å². The van der Waals surface area contributed by atoms with Crippen molar-refractivity contribution in [1.82, 2.24) is 10.2 Å². The molecule has 3 rings (SSSR count). The van der Waals surface area contributed by atoms with Crippen molar-refractivity contribution in [2.24, 2.45) is 5.92 Å². The molecule has 0 bridgehead atoms. The highest BCUT2D eigenvalue weighted by molar-refractivity contribution is 7.91. The second kappa shape index (κ2) is 5.60. The average Bonchev–Trinajstić information content (AvgIpc) is 2.85. The first-order valence-corrected chi connectivity index (χ1v) is 8.94. The lowest BCUT2D eigenvalue weighted by atomic mass is 9.96. The van der Waals surface area contributed by atoms with E-state index in [-0.39, 0.29) is 5.92 Å². The Morgan fingerprint density at radius 2 is 2.00 bits per heavy atom. The van der Waals surface area contributed by atoms with Gasteiger partial charge in [0.25, 0.3) is 0 Å². The fraction of sp³-hybridized carbons (Fsp3) is 0.467. The van der Waals surface area contributed by atoms with Gasteiger partial charge in [-0.2, -0.15) is 0 Å². The summed E-state index contributed by atoms with van der Waals surface area (Å²) in [6.45, 7) is 1.76. The van der Waals surface area contributed by atoms with Crippen molar-refractivity contribution >= 4 is 9.84 Å². The van der Waals surface area contributed by atoms with Crippen LogP contribution in [0.5, 0.6) is 0 Å². The molecule has 112 valence electrons. The van der Waals surface area contributed by atoms with E-state index in [1.165, 1.54) is 0 Å². The summed E-state index contributed by atoms with van der Waals surface area (Å²) in [5, 5.41) is 7.80. The fourth-order valence-electron chi connectivity index (χ4n) is 2.81. The standard InChI is InChI=1S/C15H18N2O3S/c1-11-16-17-15(20-11)14-6-4-12(5-7-14)9-13-3-2-8-21(18,19)10-13/h4-7,13H,2-3,8-10H2,1H3. The van der Waals surface area contributed by atoms with Crippen LogP contribution in [-0.4, -0.2) is 30.1 Å². The minimum atomic E-state index is -2.83. The van der Waals surface area contributed by atoms with Gasteiger partial charge in [0.15, 0.2) is 9.84 Å². The zero-order valence-electron chi connectivity index (χ0n) is 11.9. The van der Waals surface area contributed by atoms with Gasteiger partial charge in [-0.15, -0.1) is 10.2 Å². The molecule has 2 aromatic rings. The van der Waals surface area contributed by atoms with E-state index in [0.717, 1.165) is 30.4 Å². The third kappa shape index (κ3) is 3.50. The lowest BCUT2D eigenvalue weighted by molar-refractivity contribution is 0.484. The van der Waals surface area contributed by atoms with Crippen molar-refractivity contribution in [2.45, 2.75) is 26.2 Å². The molecule has 0 N–H and O–H groups in total. The van der Waals surface area contributed by atoms with Crippen LogP contribution in [0.1, 0.15) is 24.3 Å². The monoisotopic (exact) mass is 306 g/mol. The van der Waals surface area contributed by atoms with Gasteiger partial charge in [-0.3, -0.25) is 0 Å². The molecule has 1 aliphatic rings. The highest BCUT2D eigenvalue weighted by atomic mass is 32.2. The van der Waals surface area contributed by atoms with E-state index in [1.54, 1.807) is 6.92 Å². The van der Waals surface area contributed by atoms with Crippen LogP contribution in [-0.2, 0) is 16.3 Å². The fourth-order valence-corrected chi connectivity index (χ4v) is 4.58. The van der Waals surface area contributed by atoms with Crippen LogP contribution in [0, 0.1) is 12.8 Å². The number of aryl methyl sites for hydroxylation is 1. The normalized spacial score (nSPS) is 21.3. The van der Waals surface area contributed by atoms with Gasteiger partial charge in [-0.05, 0) is 42.9 Å². The van der Waals surface area contributed by atoms with Crippen LogP contribution in [0.3, 0.4) is 0 Å². The molecule has 1 aliphatic heterocycles. The lowest BCUT2D eigenvalue weighted by Gasteiger charge is -2.21. The Hall–Kier alpha value is -1.69. The summed E-state index contributed by atoms with van der Waals surface area (Å²) in [5.41, 5.74) is 2.03. The summed E-state index contributed by atoms with van der Waals surface area (Å²) >= 11 is 0. The molecular formula is C15H18N2O3S. The van der Waals surface area contributed by atoms with E-state index < -0.39 is 9.84 Å². The molecule has 1 saturated heterocycles. The van der Waals surface area contributed by atoms with Gasteiger partial charge in [0.1, 0.15) is 0 Å². The predicted octanol–water partition coefficient (Wildman–Crippen LogP) is 2.41. The van der Waals surface area contributed by atoms with Crippen molar-refractivity contribution in [1.29, 1.82) is 0 Å². The molecule has 0 radical (unpaired) electrons. The molecule has 6 heteroatoms. The van der Waals surface area contributed by atoms with Gasteiger partial charge in [0.05, 0.1) is 11.5 Å². The molecule has 2 heterocycles. The number of hydrogen-bond donors (Lipinski definition) is 0. The number of sulfone groups is 1. The summed E-state index contributed by atoms with van der Waals surface area (Å²) in [4.78, 5) is 0. The molecule has 0 saturated carbocycles. The third-order valence-electron chi connectivity index (χ3n) is 3.81. The number of hydrogen-bond acceptors (Lipinski definition) is 5. The maximum atomic E-state index is 11.7. The molecule has 0 spiro atoms. The van der Waals surface area contributed by atoms with Crippen LogP contribution >= 0.6 is 0 Å². The topological polar surface area (TPSA) is 73.1 Å². The zero-order valence-corrected chi connectivity index (χ0v) is 12.8. The highest BCUT2D eigenvalue weighted by Crippen LogP contribution is 2.24. The number of nitrogens with zero attached hydrogens (tertiary/aromatic N) is 2. The summed E-state index contributed by atoms with van der Waals surface area (Å²) in [7, 11) is -2.83. The van der Waals surface area contributed by atoms with Gasteiger partial charge in [-0.1, -0.05) is 12.1 Å². The van der Waals surface area contributed by atoms with E-state index in [1.807, 2.05) is 24.3 Å². The maximum Gasteiger partial charge on any atom is 0.247 e. The van der Waals surface area contributed by atoms with Gasteiger partial charge < -0.3 is 4.42 Å². The second-order valence-electron chi connectivity index (χ2n) is 5.65. The van der Waals surface area contributed by atoms with Crippen LogP contribution in [0.4, 0.5) is 0 Å². The summed E-state index contributed by atoms with van der Waals surface area (Å²) in [6.07, 6.45) is 2.58. The van der Waals surface area contributed by atoms with Crippen molar-refractivity contribution in [3.63, 3.8) is 0 Å². The highest BCUT2D eigenvalue weighted by Gasteiger charge is 2.24. The molecule has 1 aromatic heterocycles. The van der Waals surface area contributed by atoms with Crippen molar-refractivity contribution in [3.05, 3.63) is 35.7 Å². The molecule has 1 atom stereocenters. The minimum Gasteiger partial charge on any atom is -0.421 e. The molecular weight excluding hydrogens is 288 g/mol. The first kappa shape index (κ1) is 14.3. The first-order valence-electron chi connectivity index (χ1n) is 7.12. The van der Waals surface area contributed by atoms with Crippen molar-refractivity contribution in [2.75, 3.05) is 11.5 Å². The second-order valence-corrected chi connectivity index (χ2v) is 7.88. The SMILES string of the molecule is Cc1nnc(-c2ccc(CC3CCCS(=O)(=O)C3)cc2)o1. The Morgan fingerprint density at radius 3 is 2.62 bits per heavy atom. The third-order valence-corrected chi connectivity index (χ3v) is 5.70. The van der Waals surface area contributed by atoms with Gasteiger partial charge >= 0.3 is 0 Å². The Kier molecular flexibility index (Phi) is 3.80. The van der Waals surface area contributed by atoms with Crippen LogP contribution in [0.25, 0.3) is 11.5 Å². The first-order chi connectivity index (χ1) is 10.0. The van der Waals surface area contributed by atoms with E-state index in [2.05, 4.69) is 10.2 Å². The smallest absolute Gasteiger partial charge is 0.247 e. The molecule has 0 amide bonds. The molecule has 21 heavy (non-hydrogen) atoms. The Balaban J connectivity index is 1.70. The summed E-state index contributed by atoms with van der Waals surface area (Å²) in [6, 6.07) is 7.91. The molecule has 5 nitrogen and oxygen atoms in total. The van der Waals surface area contributed by atoms with Gasteiger partial charge in [-0.25, -0.2) is 8.42 Å². The average molecular weight is 306 g/mol. The summed E-state index contributed by atoms with van der Waals surface area (Å²) in [5.74, 6) is 1.96. The van der Waals surface area contributed by atoms with E-state index >= 15 is 0 Å².